The van der Waals surface area contributed by atoms with Gasteiger partial charge in [0.2, 0.25) is 0 Å². The molecule has 3 rings (SSSR count). The molecule has 27 heavy (non-hydrogen) atoms. The SMILES string of the molecule is CCN(CC)c1nc2c(Cl)cc(Cl)cc2c(-c2ccccc2)c1OC(=O)O. The van der Waals surface area contributed by atoms with E-state index in [-0.39, 0.29) is 5.75 Å². The molecule has 0 fully saturated rings. The standard InChI is InChI=1S/C20H18Cl2N2O3/c1-3-24(4-2)19-18(27-20(25)26)16(12-8-6-5-7-9-12)14-10-13(21)11-15(22)17(14)23-19/h5-11H,3-4H2,1-2H3,(H,25,26). The molecule has 2 aromatic carbocycles. The van der Waals surface area contributed by atoms with Gasteiger partial charge in [-0.05, 0) is 31.5 Å². The van der Waals surface area contributed by atoms with E-state index in [1.165, 1.54) is 0 Å². The van der Waals surface area contributed by atoms with Gasteiger partial charge in [0.1, 0.15) is 0 Å². The smallest absolute Gasteiger partial charge is 0.449 e. The van der Waals surface area contributed by atoms with E-state index in [4.69, 9.17) is 27.9 Å². The zero-order valence-corrected chi connectivity index (χ0v) is 16.4. The molecule has 0 aliphatic rings. The number of pyridine rings is 1. The summed E-state index contributed by atoms with van der Waals surface area (Å²) in [6.07, 6.45) is -1.41. The molecule has 1 heterocycles. The Morgan fingerprint density at radius 3 is 2.41 bits per heavy atom. The molecule has 1 aromatic heterocycles. The van der Waals surface area contributed by atoms with Gasteiger partial charge in [0.25, 0.3) is 0 Å². The average molecular weight is 405 g/mol. The van der Waals surface area contributed by atoms with Crippen molar-refractivity contribution in [1.29, 1.82) is 0 Å². The van der Waals surface area contributed by atoms with Crippen molar-refractivity contribution in [3.05, 3.63) is 52.5 Å². The lowest BCUT2D eigenvalue weighted by molar-refractivity contribution is 0.144. The highest BCUT2D eigenvalue weighted by atomic mass is 35.5. The summed E-state index contributed by atoms with van der Waals surface area (Å²) in [5.74, 6) is 0.598. The van der Waals surface area contributed by atoms with E-state index in [1.807, 2.05) is 49.1 Å². The van der Waals surface area contributed by atoms with Crippen molar-refractivity contribution in [2.45, 2.75) is 13.8 Å². The van der Waals surface area contributed by atoms with Crippen LogP contribution in [0.4, 0.5) is 10.6 Å². The lowest BCUT2D eigenvalue weighted by atomic mass is 9.99. The van der Waals surface area contributed by atoms with E-state index in [0.29, 0.717) is 45.4 Å². The van der Waals surface area contributed by atoms with Gasteiger partial charge in [-0.15, -0.1) is 0 Å². The molecule has 0 aliphatic heterocycles. The Kier molecular flexibility index (Phi) is 5.73. The maximum atomic E-state index is 11.5. The van der Waals surface area contributed by atoms with Crippen LogP contribution in [0.15, 0.2) is 42.5 Å². The predicted molar refractivity (Wildman–Crippen MR) is 109 cm³/mol. The Hall–Kier alpha value is -2.50. The summed E-state index contributed by atoms with van der Waals surface area (Å²) in [7, 11) is 0. The van der Waals surface area contributed by atoms with Gasteiger partial charge in [0, 0.05) is 29.1 Å². The van der Waals surface area contributed by atoms with E-state index in [9.17, 15) is 9.90 Å². The molecule has 7 heteroatoms. The number of benzene rings is 2. The quantitative estimate of drug-likeness (QED) is 0.519. The van der Waals surface area contributed by atoms with Crippen LogP contribution in [0.2, 0.25) is 10.0 Å². The molecule has 0 radical (unpaired) electrons. The Balaban J connectivity index is 2.49. The van der Waals surface area contributed by atoms with Gasteiger partial charge < -0.3 is 14.7 Å². The maximum absolute atomic E-state index is 11.5. The number of fused-ring (bicyclic) bond motifs is 1. The molecular weight excluding hydrogens is 387 g/mol. The summed E-state index contributed by atoms with van der Waals surface area (Å²) in [5, 5.41) is 10.8. The lowest BCUT2D eigenvalue weighted by Gasteiger charge is -2.25. The topological polar surface area (TPSA) is 62.7 Å². The number of anilines is 1. The molecule has 0 aliphatic carbocycles. The fourth-order valence-electron chi connectivity index (χ4n) is 3.07. The van der Waals surface area contributed by atoms with Crippen LogP contribution < -0.4 is 9.64 Å². The highest BCUT2D eigenvalue weighted by Gasteiger charge is 2.24. The van der Waals surface area contributed by atoms with Gasteiger partial charge in [-0.2, -0.15) is 0 Å². The minimum absolute atomic E-state index is 0.170. The summed E-state index contributed by atoms with van der Waals surface area (Å²) < 4.78 is 5.23. The van der Waals surface area contributed by atoms with Gasteiger partial charge in [-0.25, -0.2) is 9.78 Å². The molecule has 3 aromatic rings. The highest BCUT2D eigenvalue weighted by molar-refractivity contribution is 6.39. The molecule has 5 nitrogen and oxygen atoms in total. The van der Waals surface area contributed by atoms with Crippen molar-refractivity contribution in [2.75, 3.05) is 18.0 Å². The number of aromatic nitrogens is 1. The summed E-state index contributed by atoms with van der Waals surface area (Å²) in [5.41, 5.74) is 1.92. The average Bonchev–Trinajstić information content (AvgIpc) is 2.63. The first-order valence-corrected chi connectivity index (χ1v) is 9.25. The second-order valence-electron chi connectivity index (χ2n) is 5.83. The molecule has 0 bridgehead atoms. The Labute approximate surface area is 167 Å². The largest absolute Gasteiger partial charge is 0.511 e. The van der Waals surface area contributed by atoms with Gasteiger partial charge in [-0.1, -0.05) is 53.5 Å². The third-order valence-corrected chi connectivity index (χ3v) is 4.77. The number of halogens is 2. The van der Waals surface area contributed by atoms with Crippen molar-refractivity contribution in [1.82, 2.24) is 4.98 Å². The lowest BCUT2D eigenvalue weighted by Crippen LogP contribution is -2.24. The van der Waals surface area contributed by atoms with E-state index < -0.39 is 6.16 Å². The fourth-order valence-corrected chi connectivity index (χ4v) is 3.61. The summed E-state index contributed by atoms with van der Waals surface area (Å²) in [6.45, 7) is 5.19. The number of carboxylic acid groups (broad SMARTS) is 1. The zero-order chi connectivity index (χ0) is 19.6. The molecule has 0 spiro atoms. The minimum Gasteiger partial charge on any atom is -0.449 e. The molecule has 0 saturated heterocycles. The molecule has 140 valence electrons. The van der Waals surface area contributed by atoms with Crippen LogP contribution in [0.25, 0.3) is 22.0 Å². The second-order valence-corrected chi connectivity index (χ2v) is 6.67. The van der Waals surface area contributed by atoms with E-state index in [0.717, 1.165) is 5.56 Å². The van der Waals surface area contributed by atoms with Gasteiger partial charge in [0.15, 0.2) is 11.6 Å². The Morgan fingerprint density at radius 1 is 1.15 bits per heavy atom. The minimum atomic E-state index is -1.41. The monoisotopic (exact) mass is 404 g/mol. The van der Waals surface area contributed by atoms with Crippen LogP contribution in [-0.4, -0.2) is 29.3 Å². The molecule has 0 unspecified atom stereocenters. The number of hydrogen-bond acceptors (Lipinski definition) is 4. The number of nitrogens with zero attached hydrogens (tertiary/aromatic N) is 2. The number of carbonyl (C=O) groups is 1. The summed E-state index contributed by atoms with van der Waals surface area (Å²) in [4.78, 5) is 18.0. The van der Waals surface area contributed by atoms with Crippen LogP contribution in [0.1, 0.15) is 13.8 Å². The van der Waals surface area contributed by atoms with Crippen LogP contribution in [0.5, 0.6) is 5.75 Å². The fraction of sp³-hybridized carbons (Fsp3) is 0.200. The summed E-state index contributed by atoms with van der Waals surface area (Å²) in [6, 6.07) is 12.7. The third-order valence-electron chi connectivity index (χ3n) is 4.26. The van der Waals surface area contributed by atoms with E-state index in [2.05, 4.69) is 4.98 Å². The predicted octanol–water partition coefficient (Wildman–Crippen LogP) is 6.11. The number of ether oxygens (including phenoxy) is 1. The molecule has 0 amide bonds. The van der Waals surface area contributed by atoms with Crippen molar-refractivity contribution in [3.63, 3.8) is 0 Å². The summed E-state index contributed by atoms with van der Waals surface area (Å²) >= 11 is 12.6. The van der Waals surface area contributed by atoms with Crippen molar-refractivity contribution < 1.29 is 14.6 Å². The normalized spacial score (nSPS) is 10.8. The van der Waals surface area contributed by atoms with E-state index >= 15 is 0 Å². The van der Waals surface area contributed by atoms with Crippen LogP contribution in [-0.2, 0) is 0 Å². The zero-order valence-electron chi connectivity index (χ0n) is 14.9. The van der Waals surface area contributed by atoms with Crippen molar-refractivity contribution in [2.24, 2.45) is 0 Å². The molecular formula is C20H18Cl2N2O3. The van der Waals surface area contributed by atoms with Crippen molar-refractivity contribution in [3.8, 4) is 16.9 Å². The van der Waals surface area contributed by atoms with Gasteiger partial charge >= 0.3 is 6.16 Å². The van der Waals surface area contributed by atoms with Crippen LogP contribution in [0, 0.1) is 0 Å². The van der Waals surface area contributed by atoms with Crippen molar-refractivity contribution >= 4 is 46.1 Å². The third kappa shape index (κ3) is 3.80. The number of rotatable bonds is 5. The first-order chi connectivity index (χ1) is 13.0. The first kappa shape index (κ1) is 19.3. The highest BCUT2D eigenvalue weighted by Crippen LogP contribution is 2.44. The number of hydrogen-bond donors (Lipinski definition) is 1. The Morgan fingerprint density at radius 2 is 1.81 bits per heavy atom. The molecule has 0 saturated carbocycles. The van der Waals surface area contributed by atoms with Gasteiger partial charge in [-0.3, -0.25) is 0 Å². The molecule has 0 atom stereocenters. The van der Waals surface area contributed by atoms with E-state index in [1.54, 1.807) is 12.1 Å². The molecule has 1 N–H and O–H groups in total. The first-order valence-electron chi connectivity index (χ1n) is 8.50. The Bertz CT molecular complexity index is 990. The second kappa shape index (κ2) is 8.03. The van der Waals surface area contributed by atoms with Gasteiger partial charge in [0.05, 0.1) is 10.5 Å². The maximum Gasteiger partial charge on any atom is 0.511 e. The van der Waals surface area contributed by atoms with Crippen LogP contribution >= 0.6 is 23.2 Å². The van der Waals surface area contributed by atoms with Crippen LogP contribution in [0.3, 0.4) is 0 Å².